The number of rotatable bonds is 3. The van der Waals surface area contributed by atoms with E-state index in [1.165, 1.54) is 16.7 Å². The molecule has 0 atom stereocenters. The maximum Gasteiger partial charge on any atom is 0.246 e. The minimum absolute atomic E-state index is 0.126. The van der Waals surface area contributed by atoms with Gasteiger partial charge in [0.15, 0.2) is 0 Å². The monoisotopic (exact) mass is 280 g/mol. The zero-order valence-electron chi connectivity index (χ0n) is 12.5. The second-order valence-corrected chi connectivity index (χ2v) is 5.53. The number of aryl methyl sites for hydroxylation is 1. The van der Waals surface area contributed by atoms with E-state index in [1.54, 1.807) is 0 Å². The van der Waals surface area contributed by atoms with Gasteiger partial charge in [0, 0.05) is 17.9 Å². The molecule has 3 rings (SSSR count). The predicted octanol–water partition coefficient (Wildman–Crippen LogP) is 3.30. The number of amides is 1. The van der Waals surface area contributed by atoms with Crippen LogP contribution in [0.5, 0.6) is 0 Å². The van der Waals surface area contributed by atoms with E-state index >= 15 is 0 Å². The van der Waals surface area contributed by atoms with Crippen LogP contribution in [0.15, 0.2) is 42.5 Å². The minimum Gasteiger partial charge on any atom is -0.376 e. The Balaban J connectivity index is 1.69. The third kappa shape index (κ3) is 2.64. The number of fused-ring (bicyclic) bond motifs is 1. The highest BCUT2D eigenvalue weighted by Crippen LogP contribution is 2.27. The molecule has 1 aliphatic rings. The third-order valence-corrected chi connectivity index (χ3v) is 4.22. The van der Waals surface area contributed by atoms with Crippen LogP contribution in [0.1, 0.15) is 16.7 Å². The lowest BCUT2D eigenvalue weighted by molar-refractivity contribution is -0.116. The highest BCUT2D eigenvalue weighted by Gasteiger charge is 2.23. The standard InChI is InChI=1S/C18H20N2O/c1-13-6-5-8-16(14(13)2)19-12-18(21)20-11-10-15-7-3-4-9-17(15)20/h3-9,19H,10-12H2,1-2H3. The van der Waals surface area contributed by atoms with Crippen molar-refractivity contribution in [2.24, 2.45) is 0 Å². The third-order valence-electron chi connectivity index (χ3n) is 4.22. The molecule has 1 aliphatic heterocycles. The van der Waals surface area contributed by atoms with Crippen molar-refractivity contribution in [1.29, 1.82) is 0 Å². The van der Waals surface area contributed by atoms with E-state index in [1.807, 2.05) is 35.2 Å². The molecule has 21 heavy (non-hydrogen) atoms. The number of hydrogen-bond acceptors (Lipinski definition) is 2. The first kappa shape index (κ1) is 13.7. The smallest absolute Gasteiger partial charge is 0.246 e. The average Bonchev–Trinajstić information content (AvgIpc) is 2.92. The van der Waals surface area contributed by atoms with E-state index in [2.05, 4.69) is 31.3 Å². The molecule has 1 N–H and O–H groups in total. The second kappa shape index (κ2) is 5.60. The van der Waals surface area contributed by atoms with Gasteiger partial charge in [0.2, 0.25) is 5.91 Å². The Morgan fingerprint density at radius 2 is 1.95 bits per heavy atom. The summed E-state index contributed by atoms with van der Waals surface area (Å²) in [7, 11) is 0. The Hall–Kier alpha value is -2.29. The first-order valence-electron chi connectivity index (χ1n) is 7.35. The average molecular weight is 280 g/mol. The summed E-state index contributed by atoms with van der Waals surface area (Å²) in [6.45, 7) is 5.28. The number of hydrogen-bond donors (Lipinski definition) is 1. The van der Waals surface area contributed by atoms with Gasteiger partial charge in [-0.1, -0.05) is 30.3 Å². The lowest BCUT2D eigenvalue weighted by atomic mass is 10.1. The summed E-state index contributed by atoms with van der Waals surface area (Å²) in [5.41, 5.74) is 5.80. The van der Waals surface area contributed by atoms with Crippen LogP contribution < -0.4 is 10.2 Å². The molecule has 108 valence electrons. The van der Waals surface area contributed by atoms with Gasteiger partial charge in [-0.2, -0.15) is 0 Å². The molecular formula is C18H20N2O. The fourth-order valence-corrected chi connectivity index (χ4v) is 2.81. The van der Waals surface area contributed by atoms with E-state index in [9.17, 15) is 4.79 Å². The molecule has 0 unspecified atom stereocenters. The molecule has 3 heteroatoms. The summed E-state index contributed by atoms with van der Waals surface area (Å²) in [6.07, 6.45) is 0.950. The largest absolute Gasteiger partial charge is 0.376 e. The first-order chi connectivity index (χ1) is 10.2. The molecule has 0 spiro atoms. The summed E-state index contributed by atoms with van der Waals surface area (Å²) in [5, 5.41) is 3.27. The normalized spacial score (nSPS) is 13.1. The Morgan fingerprint density at radius 3 is 2.81 bits per heavy atom. The van der Waals surface area contributed by atoms with E-state index in [0.29, 0.717) is 6.54 Å². The van der Waals surface area contributed by atoms with E-state index in [-0.39, 0.29) is 5.91 Å². The quantitative estimate of drug-likeness (QED) is 0.935. The zero-order chi connectivity index (χ0) is 14.8. The van der Waals surface area contributed by atoms with Crippen LogP contribution in [-0.2, 0) is 11.2 Å². The lowest BCUT2D eigenvalue weighted by Gasteiger charge is -2.18. The van der Waals surface area contributed by atoms with Crippen LogP contribution in [0.25, 0.3) is 0 Å². The topological polar surface area (TPSA) is 32.3 Å². The Labute approximate surface area is 125 Å². The van der Waals surface area contributed by atoms with Gasteiger partial charge in [-0.05, 0) is 49.1 Å². The van der Waals surface area contributed by atoms with Gasteiger partial charge in [-0.25, -0.2) is 0 Å². The predicted molar refractivity (Wildman–Crippen MR) is 86.9 cm³/mol. The highest BCUT2D eigenvalue weighted by molar-refractivity contribution is 5.98. The first-order valence-corrected chi connectivity index (χ1v) is 7.35. The fourth-order valence-electron chi connectivity index (χ4n) is 2.81. The van der Waals surface area contributed by atoms with Gasteiger partial charge in [-0.15, -0.1) is 0 Å². The van der Waals surface area contributed by atoms with Crippen molar-refractivity contribution in [3.63, 3.8) is 0 Å². The van der Waals surface area contributed by atoms with Gasteiger partial charge >= 0.3 is 0 Å². The number of carbonyl (C=O) groups is 1. The summed E-state index contributed by atoms with van der Waals surface area (Å²) in [5.74, 6) is 0.126. The maximum absolute atomic E-state index is 12.4. The van der Waals surface area contributed by atoms with Crippen LogP contribution in [0.3, 0.4) is 0 Å². The number of nitrogens with zero attached hydrogens (tertiary/aromatic N) is 1. The van der Waals surface area contributed by atoms with Crippen molar-refractivity contribution >= 4 is 17.3 Å². The van der Waals surface area contributed by atoms with Crippen LogP contribution >= 0.6 is 0 Å². The van der Waals surface area contributed by atoms with Crippen LogP contribution in [-0.4, -0.2) is 19.0 Å². The molecule has 1 amide bonds. The summed E-state index contributed by atoms with van der Waals surface area (Å²) in [6, 6.07) is 14.3. The van der Waals surface area contributed by atoms with Crippen molar-refractivity contribution in [2.45, 2.75) is 20.3 Å². The molecule has 2 aromatic carbocycles. The van der Waals surface area contributed by atoms with Gasteiger partial charge < -0.3 is 10.2 Å². The summed E-state index contributed by atoms with van der Waals surface area (Å²) < 4.78 is 0. The number of benzene rings is 2. The van der Waals surface area contributed by atoms with Crippen molar-refractivity contribution in [2.75, 3.05) is 23.3 Å². The molecule has 2 aromatic rings. The summed E-state index contributed by atoms with van der Waals surface area (Å²) >= 11 is 0. The number of para-hydroxylation sites is 1. The SMILES string of the molecule is Cc1cccc(NCC(=O)N2CCc3ccccc32)c1C. The number of anilines is 2. The number of carbonyl (C=O) groups excluding carboxylic acids is 1. The Kier molecular flexibility index (Phi) is 3.65. The molecule has 0 aromatic heterocycles. The Bertz CT molecular complexity index is 679. The van der Waals surface area contributed by atoms with Crippen LogP contribution in [0.2, 0.25) is 0 Å². The van der Waals surface area contributed by atoms with Gasteiger partial charge in [0.1, 0.15) is 0 Å². The Morgan fingerprint density at radius 1 is 1.14 bits per heavy atom. The molecule has 1 heterocycles. The molecule has 0 fully saturated rings. The van der Waals surface area contributed by atoms with Crippen LogP contribution in [0, 0.1) is 13.8 Å². The minimum atomic E-state index is 0.126. The molecule has 3 nitrogen and oxygen atoms in total. The number of nitrogens with one attached hydrogen (secondary N) is 1. The highest BCUT2D eigenvalue weighted by atomic mass is 16.2. The van der Waals surface area contributed by atoms with Crippen molar-refractivity contribution in [3.05, 3.63) is 59.2 Å². The van der Waals surface area contributed by atoms with Crippen molar-refractivity contribution in [3.8, 4) is 0 Å². The van der Waals surface area contributed by atoms with Gasteiger partial charge in [0.25, 0.3) is 0 Å². The second-order valence-electron chi connectivity index (χ2n) is 5.53. The van der Waals surface area contributed by atoms with E-state index < -0.39 is 0 Å². The summed E-state index contributed by atoms with van der Waals surface area (Å²) in [4.78, 5) is 14.3. The van der Waals surface area contributed by atoms with Crippen molar-refractivity contribution < 1.29 is 4.79 Å². The molecule has 0 radical (unpaired) electrons. The van der Waals surface area contributed by atoms with E-state index in [4.69, 9.17) is 0 Å². The molecular weight excluding hydrogens is 260 g/mol. The van der Waals surface area contributed by atoms with Gasteiger partial charge in [0.05, 0.1) is 6.54 Å². The molecule has 0 saturated carbocycles. The van der Waals surface area contributed by atoms with E-state index in [0.717, 1.165) is 24.3 Å². The maximum atomic E-state index is 12.4. The fraction of sp³-hybridized carbons (Fsp3) is 0.278. The molecule has 0 saturated heterocycles. The molecule has 0 bridgehead atoms. The van der Waals surface area contributed by atoms with Crippen molar-refractivity contribution in [1.82, 2.24) is 0 Å². The zero-order valence-corrected chi connectivity index (χ0v) is 12.5. The van der Waals surface area contributed by atoms with Crippen LogP contribution in [0.4, 0.5) is 11.4 Å². The lowest BCUT2D eigenvalue weighted by Crippen LogP contribution is -2.34. The molecule has 0 aliphatic carbocycles. The van der Waals surface area contributed by atoms with Gasteiger partial charge in [-0.3, -0.25) is 4.79 Å².